The van der Waals surface area contributed by atoms with Gasteiger partial charge in [0.2, 0.25) is 0 Å². The molecule has 9 heteroatoms. The first-order valence-electron chi connectivity index (χ1n) is 13.3. The summed E-state index contributed by atoms with van der Waals surface area (Å²) in [4.78, 5) is 26.0. The van der Waals surface area contributed by atoms with Crippen LogP contribution in [0.5, 0.6) is 0 Å². The standard InChI is InChI=1S/C29H32N6O3/c36-29(37)28-26-15-22(23-14-21(17-30-18-23)19-34-10-12-38-13-11-34)4-5-27(26)35(32-28)25-6-7-31-24(16-25)20-33-8-2-1-3-9-33/h4-7,14-18H,1-3,8-13,19-20H2,(H,36,37). The van der Waals surface area contributed by atoms with E-state index in [0.717, 1.165) is 86.1 Å². The molecule has 2 saturated heterocycles. The van der Waals surface area contributed by atoms with Gasteiger partial charge in [0.25, 0.3) is 0 Å². The third-order valence-corrected chi connectivity index (χ3v) is 7.40. The number of rotatable bonds is 7. The molecule has 0 atom stereocenters. The van der Waals surface area contributed by atoms with E-state index in [2.05, 4.69) is 30.9 Å². The van der Waals surface area contributed by atoms with E-state index in [1.165, 1.54) is 19.3 Å². The first-order valence-corrected chi connectivity index (χ1v) is 13.3. The van der Waals surface area contributed by atoms with Gasteiger partial charge >= 0.3 is 5.97 Å². The highest BCUT2D eigenvalue weighted by Gasteiger charge is 2.19. The van der Waals surface area contributed by atoms with Gasteiger partial charge < -0.3 is 9.84 Å². The van der Waals surface area contributed by atoms with Crippen molar-refractivity contribution in [2.24, 2.45) is 0 Å². The van der Waals surface area contributed by atoms with Crippen LogP contribution in [0.25, 0.3) is 27.7 Å². The van der Waals surface area contributed by atoms with Crippen LogP contribution >= 0.6 is 0 Å². The van der Waals surface area contributed by atoms with Crippen LogP contribution in [-0.4, -0.2) is 80.0 Å². The zero-order chi connectivity index (χ0) is 25.9. The Hall–Kier alpha value is -3.66. The van der Waals surface area contributed by atoms with E-state index in [9.17, 15) is 9.90 Å². The smallest absolute Gasteiger partial charge is 0.357 e. The Bertz CT molecular complexity index is 1440. The SMILES string of the molecule is O=C(O)c1nn(-c2ccnc(CN3CCCCC3)c2)c2ccc(-c3cncc(CN4CCOCC4)c3)cc12. The minimum Gasteiger partial charge on any atom is -0.476 e. The van der Waals surface area contributed by atoms with Crippen molar-refractivity contribution >= 4 is 16.9 Å². The highest BCUT2D eigenvalue weighted by molar-refractivity contribution is 6.03. The molecule has 38 heavy (non-hydrogen) atoms. The molecule has 2 aliphatic rings. The van der Waals surface area contributed by atoms with E-state index < -0.39 is 5.97 Å². The van der Waals surface area contributed by atoms with Crippen molar-refractivity contribution in [3.05, 3.63) is 71.9 Å². The quantitative estimate of drug-likeness (QED) is 0.397. The van der Waals surface area contributed by atoms with Crippen molar-refractivity contribution in [2.45, 2.75) is 32.4 Å². The topological polar surface area (TPSA) is 96.6 Å². The maximum atomic E-state index is 12.2. The summed E-state index contributed by atoms with van der Waals surface area (Å²) in [6.07, 6.45) is 9.23. The number of fused-ring (bicyclic) bond motifs is 1. The predicted octanol–water partition coefficient (Wildman–Crippen LogP) is 4.00. The lowest BCUT2D eigenvalue weighted by atomic mass is 10.0. The fraction of sp³-hybridized carbons (Fsp3) is 0.379. The van der Waals surface area contributed by atoms with Crippen LogP contribution in [0.15, 0.2) is 55.0 Å². The summed E-state index contributed by atoms with van der Waals surface area (Å²) in [6.45, 7) is 7.10. The number of benzene rings is 1. The van der Waals surface area contributed by atoms with Crippen LogP contribution in [0.3, 0.4) is 0 Å². The first kappa shape index (κ1) is 24.7. The van der Waals surface area contributed by atoms with Gasteiger partial charge in [-0.3, -0.25) is 19.8 Å². The Kier molecular flexibility index (Phi) is 7.13. The van der Waals surface area contributed by atoms with Gasteiger partial charge in [0.1, 0.15) is 0 Å². The Morgan fingerprint density at radius 2 is 1.71 bits per heavy atom. The van der Waals surface area contributed by atoms with Crippen molar-refractivity contribution in [1.29, 1.82) is 0 Å². The number of ether oxygens (including phenoxy) is 1. The number of aromatic carboxylic acids is 1. The molecule has 0 bridgehead atoms. The molecule has 0 aliphatic carbocycles. The number of piperidine rings is 1. The van der Waals surface area contributed by atoms with Gasteiger partial charge in [0, 0.05) is 55.7 Å². The number of pyridine rings is 2. The second kappa shape index (κ2) is 11.0. The molecule has 0 unspecified atom stereocenters. The van der Waals surface area contributed by atoms with Gasteiger partial charge in [-0.2, -0.15) is 5.10 Å². The Balaban J connectivity index is 1.32. The van der Waals surface area contributed by atoms with Gasteiger partial charge in [-0.25, -0.2) is 9.48 Å². The molecule has 0 spiro atoms. The van der Waals surface area contributed by atoms with Crippen molar-refractivity contribution in [2.75, 3.05) is 39.4 Å². The van der Waals surface area contributed by atoms with Crippen LogP contribution in [0.2, 0.25) is 0 Å². The summed E-state index contributed by atoms with van der Waals surface area (Å²) in [5.74, 6) is -1.05. The number of nitrogens with zero attached hydrogens (tertiary/aromatic N) is 6. The molecule has 196 valence electrons. The Morgan fingerprint density at radius 3 is 2.53 bits per heavy atom. The number of carboxylic acids is 1. The maximum Gasteiger partial charge on any atom is 0.357 e. The molecule has 1 N–H and O–H groups in total. The molecule has 5 heterocycles. The minimum atomic E-state index is -1.05. The van der Waals surface area contributed by atoms with Gasteiger partial charge in [-0.05, 0) is 67.4 Å². The predicted molar refractivity (Wildman–Crippen MR) is 144 cm³/mol. The van der Waals surface area contributed by atoms with E-state index in [1.807, 2.05) is 42.7 Å². The average molecular weight is 513 g/mol. The molecular weight excluding hydrogens is 480 g/mol. The van der Waals surface area contributed by atoms with Crippen LogP contribution in [0.4, 0.5) is 0 Å². The fourth-order valence-electron chi connectivity index (χ4n) is 5.43. The molecular formula is C29H32N6O3. The van der Waals surface area contributed by atoms with Crippen molar-refractivity contribution in [3.63, 3.8) is 0 Å². The van der Waals surface area contributed by atoms with Gasteiger partial charge in [-0.15, -0.1) is 0 Å². The number of carbonyl (C=O) groups is 1. The lowest BCUT2D eigenvalue weighted by molar-refractivity contribution is 0.0341. The maximum absolute atomic E-state index is 12.2. The molecule has 1 aromatic carbocycles. The molecule has 9 nitrogen and oxygen atoms in total. The number of carboxylic acid groups (broad SMARTS) is 1. The molecule has 3 aromatic heterocycles. The van der Waals surface area contributed by atoms with Gasteiger partial charge in [-0.1, -0.05) is 12.5 Å². The number of morpholine rings is 1. The van der Waals surface area contributed by atoms with Crippen LogP contribution in [0, 0.1) is 0 Å². The Labute approximate surface area is 221 Å². The van der Waals surface area contributed by atoms with E-state index in [0.29, 0.717) is 5.39 Å². The highest BCUT2D eigenvalue weighted by atomic mass is 16.5. The summed E-state index contributed by atoms with van der Waals surface area (Å²) in [5.41, 5.74) is 5.55. The summed E-state index contributed by atoms with van der Waals surface area (Å²) in [5, 5.41) is 15.1. The first-order chi connectivity index (χ1) is 18.6. The molecule has 4 aromatic rings. The molecule has 0 amide bonds. The van der Waals surface area contributed by atoms with Gasteiger partial charge in [0.15, 0.2) is 5.69 Å². The minimum absolute atomic E-state index is 0.0358. The van der Waals surface area contributed by atoms with E-state index in [-0.39, 0.29) is 5.69 Å². The normalized spacial score (nSPS) is 17.2. The second-order valence-electron chi connectivity index (χ2n) is 10.1. The van der Waals surface area contributed by atoms with Crippen molar-refractivity contribution in [3.8, 4) is 16.8 Å². The van der Waals surface area contributed by atoms with E-state index in [1.54, 1.807) is 10.9 Å². The average Bonchev–Trinajstić information content (AvgIpc) is 3.34. The zero-order valence-corrected chi connectivity index (χ0v) is 21.4. The molecule has 2 aliphatic heterocycles. The number of likely N-dealkylation sites (tertiary alicyclic amines) is 1. The summed E-state index contributed by atoms with van der Waals surface area (Å²) in [7, 11) is 0. The largest absolute Gasteiger partial charge is 0.476 e. The monoisotopic (exact) mass is 512 g/mol. The molecule has 0 radical (unpaired) electrons. The van der Waals surface area contributed by atoms with Gasteiger partial charge in [0.05, 0.1) is 30.1 Å². The van der Waals surface area contributed by atoms with Crippen LogP contribution in [-0.2, 0) is 17.8 Å². The van der Waals surface area contributed by atoms with E-state index >= 15 is 0 Å². The second-order valence-corrected chi connectivity index (χ2v) is 10.1. The molecule has 0 saturated carbocycles. The third kappa shape index (κ3) is 5.31. The van der Waals surface area contributed by atoms with Crippen molar-refractivity contribution < 1.29 is 14.6 Å². The number of hydrogen-bond acceptors (Lipinski definition) is 7. The fourth-order valence-corrected chi connectivity index (χ4v) is 5.43. The lowest BCUT2D eigenvalue weighted by Gasteiger charge is -2.26. The zero-order valence-electron chi connectivity index (χ0n) is 21.4. The summed E-state index contributed by atoms with van der Waals surface area (Å²) >= 11 is 0. The molecule has 2 fully saturated rings. The molecule has 6 rings (SSSR count). The Morgan fingerprint density at radius 1 is 0.895 bits per heavy atom. The highest BCUT2D eigenvalue weighted by Crippen LogP contribution is 2.29. The summed E-state index contributed by atoms with van der Waals surface area (Å²) in [6, 6.07) is 11.9. The number of aromatic nitrogens is 4. The van der Waals surface area contributed by atoms with Crippen LogP contribution in [0.1, 0.15) is 41.0 Å². The number of hydrogen-bond donors (Lipinski definition) is 1. The summed E-state index contributed by atoms with van der Waals surface area (Å²) < 4.78 is 7.18. The third-order valence-electron chi connectivity index (χ3n) is 7.40. The lowest BCUT2D eigenvalue weighted by Crippen LogP contribution is -2.35. The van der Waals surface area contributed by atoms with Crippen molar-refractivity contribution in [1.82, 2.24) is 29.5 Å². The van der Waals surface area contributed by atoms with E-state index in [4.69, 9.17) is 4.74 Å². The van der Waals surface area contributed by atoms with Crippen LogP contribution < -0.4 is 0 Å².